The number of amides is 1. The monoisotopic (exact) mass is 315 g/mol. The summed E-state index contributed by atoms with van der Waals surface area (Å²) >= 11 is 0. The Bertz CT molecular complexity index is 757. The third kappa shape index (κ3) is 3.24. The lowest BCUT2D eigenvalue weighted by atomic mass is 10.2. The van der Waals surface area contributed by atoms with Crippen LogP contribution in [0.4, 0.5) is 0 Å². The fourth-order valence-electron chi connectivity index (χ4n) is 3.13. The third-order valence-electron chi connectivity index (χ3n) is 4.30. The molecule has 7 heteroatoms. The van der Waals surface area contributed by atoms with Gasteiger partial charge in [-0.25, -0.2) is 4.68 Å². The minimum atomic E-state index is -0.198. The van der Waals surface area contributed by atoms with Crippen molar-refractivity contribution in [3.8, 4) is 0 Å². The van der Waals surface area contributed by atoms with E-state index in [9.17, 15) is 9.59 Å². The minimum Gasteiger partial charge on any atom is -0.338 e. The molecule has 1 aliphatic rings. The number of nitrogens with zero attached hydrogens (tertiary/aromatic N) is 4. The molecule has 7 nitrogen and oxygen atoms in total. The maximum absolute atomic E-state index is 12.4. The van der Waals surface area contributed by atoms with E-state index in [2.05, 4.69) is 15.6 Å². The average molecular weight is 315 g/mol. The Morgan fingerprint density at radius 3 is 3.04 bits per heavy atom. The number of carbonyl (C=O) groups excluding carboxylic acids is 1. The molecular formula is C16H21N5O2. The van der Waals surface area contributed by atoms with Crippen LogP contribution in [0.1, 0.15) is 19.3 Å². The number of aromatic nitrogens is 3. The molecule has 0 saturated carbocycles. The van der Waals surface area contributed by atoms with Gasteiger partial charge in [0.2, 0.25) is 5.91 Å². The lowest BCUT2D eigenvalue weighted by Gasteiger charge is -2.24. The van der Waals surface area contributed by atoms with Crippen LogP contribution >= 0.6 is 0 Å². The first kappa shape index (κ1) is 15.6. The van der Waals surface area contributed by atoms with Crippen molar-refractivity contribution >= 4 is 16.8 Å². The van der Waals surface area contributed by atoms with Gasteiger partial charge in [-0.05, 0) is 32.0 Å². The number of fused-ring (bicyclic) bond motifs is 1. The molecule has 1 aromatic carbocycles. The van der Waals surface area contributed by atoms with Gasteiger partial charge in [0, 0.05) is 25.6 Å². The molecule has 0 bridgehead atoms. The Hall–Kier alpha value is -2.28. The molecule has 1 unspecified atom stereocenters. The van der Waals surface area contributed by atoms with Crippen molar-refractivity contribution in [1.82, 2.24) is 25.2 Å². The second-order valence-electron chi connectivity index (χ2n) is 5.83. The maximum atomic E-state index is 12.4. The average Bonchev–Trinajstić information content (AvgIpc) is 3.03. The summed E-state index contributed by atoms with van der Waals surface area (Å²) in [5, 5.41) is 11.6. The van der Waals surface area contributed by atoms with E-state index in [1.54, 1.807) is 18.2 Å². The summed E-state index contributed by atoms with van der Waals surface area (Å²) in [6.07, 6.45) is 2.34. The van der Waals surface area contributed by atoms with Gasteiger partial charge in [-0.1, -0.05) is 17.3 Å². The van der Waals surface area contributed by atoms with Crippen molar-refractivity contribution in [2.24, 2.45) is 0 Å². The normalized spacial score (nSPS) is 17.8. The number of nitrogens with one attached hydrogen (secondary N) is 1. The zero-order chi connectivity index (χ0) is 16.2. The number of likely N-dealkylation sites (tertiary alicyclic amines) is 1. The summed E-state index contributed by atoms with van der Waals surface area (Å²) in [6.45, 7) is 1.86. The molecule has 1 aliphatic heterocycles. The van der Waals surface area contributed by atoms with Gasteiger partial charge in [0.1, 0.15) is 5.52 Å². The van der Waals surface area contributed by atoms with Crippen LogP contribution in [0.15, 0.2) is 29.1 Å². The Kier molecular flexibility index (Phi) is 4.66. The van der Waals surface area contributed by atoms with E-state index < -0.39 is 0 Å². The molecular weight excluding hydrogens is 294 g/mol. The van der Waals surface area contributed by atoms with Crippen molar-refractivity contribution in [3.63, 3.8) is 0 Å². The molecule has 1 aromatic heterocycles. The largest absolute Gasteiger partial charge is 0.338 e. The summed E-state index contributed by atoms with van der Waals surface area (Å²) in [5.41, 5.74) is 0.380. The summed E-state index contributed by atoms with van der Waals surface area (Å²) in [4.78, 5) is 26.7. The van der Waals surface area contributed by atoms with Gasteiger partial charge in [-0.3, -0.25) is 9.59 Å². The van der Waals surface area contributed by atoms with Gasteiger partial charge in [0.25, 0.3) is 5.56 Å². The summed E-state index contributed by atoms with van der Waals surface area (Å²) in [7, 11) is 1.89. The van der Waals surface area contributed by atoms with Gasteiger partial charge >= 0.3 is 0 Å². The number of carbonyl (C=O) groups is 1. The summed E-state index contributed by atoms with van der Waals surface area (Å²) in [6, 6.07) is 7.36. The Balaban J connectivity index is 1.70. The zero-order valence-electron chi connectivity index (χ0n) is 13.2. The van der Waals surface area contributed by atoms with Crippen molar-refractivity contribution in [2.45, 2.75) is 31.8 Å². The van der Waals surface area contributed by atoms with Crippen LogP contribution in [0.3, 0.4) is 0 Å². The first-order chi connectivity index (χ1) is 11.2. The SMILES string of the molecule is CNCC1CCCN1C(=O)CCn1nnc2ccccc2c1=O. The molecule has 3 rings (SSSR count). The number of benzene rings is 1. The molecule has 2 aromatic rings. The molecule has 1 atom stereocenters. The zero-order valence-corrected chi connectivity index (χ0v) is 13.2. The lowest BCUT2D eigenvalue weighted by molar-refractivity contribution is -0.132. The van der Waals surface area contributed by atoms with E-state index >= 15 is 0 Å². The smallest absolute Gasteiger partial charge is 0.277 e. The lowest BCUT2D eigenvalue weighted by Crippen LogP contribution is -2.41. The predicted molar refractivity (Wildman–Crippen MR) is 87.1 cm³/mol. The van der Waals surface area contributed by atoms with E-state index in [4.69, 9.17) is 0 Å². The quantitative estimate of drug-likeness (QED) is 0.863. The van der Waals surface area contributed by atoms with Crippen LogP contribution in [-0.2, 0) is 11.3 Å². The number of hydrogen-bond donors (Lipinski definition) is 1. The predicted octanol–water partition coefficient (Wildman–Crippen LogP) is 0.392. The Morgan fingerprint density at radius 1 is 1.39 bits per heavy atom. The Morgan fingerprint density at radius 2 is 2.22 bits per heavy atom. The molecule has 0 aliphatic carbocycles. The highest BCUT2D eigenvalue weighted by Crippen LogP contribution is 2.17. The topological polar surface area (TPSA) is 80.1 Å². The fraction of sp³-hybridized carbons (Fsp3) is 0.500. The number of rotatable bonds is 5. The number of hydrogen-bond acceptors (Lipinski definition) is 5. The molecule has 1 fully saturated rings. The number of aryl methyl sites for hydroxylation is 1. The summed E-state index contributed by atoms with van der Waals surface area (Å²) in [5.74, 6) is 0.0737. The van der Waals surface area contributed by atoms with E-state index in [1.807, 2.05) is 18.0 Å². The van der Waals surface area contributed by atoms with E-state index in [0.29, 0.717) is 10.9 Å². The second kappa shape index (κ2) is 6.87. The highest BCUT2D eigenvalue weighted by Gasteiger charge is 2.27. The highest BCUT2D eigenvalue weighted by molar-refractivity contribution is 5.77. The fourth-order valence-corrected chi connectivity index (χ4v) is 3.13. The van der Waals surface area contributed by atoms with Gasteiger partial charge in [-0.2, -0.15) is 0 Å². The molecule has 23 heavy (non-hydrogen) atoms. The number of likely N-dealkylation sites (N-methyl/N-ethyl adjacent to an activating group) is 1. The van der Waals surface area contributed by atoms with Gasteiger partial charge < -0.3 is 10.2 Å². The van der Waals surface area contributed by atoms with Crippen molar-refractivity contribution in [2.75, 3.05) is 20.1 Å². The van der Waals surface area contributed by atoms with Crippen molar-refractivity contribution in [1.29, 1.82) is 0 Å². The van der Waals surface area contributed by atoms with Crippen molar-refractivity contribution < 1.29 is 4.79 Å². The minimum absolute atomic E-state index is 0.0737. The molecule has 0 radical (unpaired) electrons. The highest BCUT2D eigenvalue weighted by atomic mass is 16.2. The Labute approximate surface area is 134 Å². The first-order valence-corrected chi connectivity index (χ1v) is 7.97. The van der Waals surface area contributed by atoms with Gasteiger partial charge in [0.05, 0.1) is 11.9 Å². The molecule has 1 N–H and O–H groups in total. The van der Waals surface area contributed by atoms with Gasteiger partial charge in [-0.15, -0.1) is 5.10 Å². The molecule has 1 amide bonds. The first-order valence-electron chi connectivity index (χ1n) is 7.97. The van der Waals surface area contributed by atoms with E-state index in [1.165, 1.54) is 4.68 Å². The van der Waals surface area contributed by atoms with Crippen LogP contribution in [0, 0.1) is 0 Å². The van der Waals surface area contributed by atoms with Crippen LogP contribution in [0.2, 0.25) is 0 Å². The van der Waals surface area contributed by atoms with Crippen LogP contribution in [0.25, 0.3) is 10.9 Å². The van der Waals surface area contributed by atoms with Crippen LogP contribution in [-0.4, -0.2) is 52.0 Å². The van der Waals surface area contributed by atoms with Gasteiger partial charge in [0.15, 0.2) is 0 Å². The second-order valence-corrected chi connectivity index (χ2v) is 5.83. The molecule has 1 saturated heterocycles. The van der Waals surface area contributed by atoms with E-state index in [-0.39, 0.29) is 30.5 Å². The third-order valence-corrected chi connectivity index (χ3v) is 4.30. The van der Waals surface area contributed by atoms with Crippen molar-refractivity contribution in [3.05, 3.63) is 34.6 Å². The molecule has 2 heterocycles. The standard InChI is InChI=1S/C16H21N5O2/c1-17-11-12-5-4-9-20(12)15(22)8-10-21-16(23)13-6-2-3-7-14(13)18-19-21/h2-3,6-7,12,17H,4-5,8-11H2,1H3. The molecule has 0 spiro atoms. The summed E-state index contributed by atoms with van der Waals surface area (Å²) < 4.78 is 1.28. The van der Waals surface area contributed by atoms with Crippen LogP contribution < -0.4 is 10.9 Å². The maximum Gasteiger partial charge on any atom is 0.277 e. The molecule has 122 valence electrons. The van der Waals surface area contributed by atoms with Crippen LogP contribution in [0.5, 0.6) is 0 Å². The van der Waals surface area contributed by atoms with E-state index in [0.717, 1.165) is 25.9 Å².